The molecule has 0 spiro atoms. The second-order valence-corrected chi connectivity index (χ2v) is 9.04. The molecule has 1 unspecified atom stereocenters. The number of nitrogens with one attached hydrogen (secondary N) is 1. The Balaban J connectivity index is 1.27. The highest BCUT2D eigenvalue weighted by atomic mass is 16.1. The van der Waals surface area contributed by atoms with Gasteiger partial charge in [-0.2, -0.15) is 5.10 Å². The second kappa shape index (κ2) is 10.2. The van der Waals surface area contributed by atoms with Gasteiger partial charge in [0.15, 0.2) is 5.82 Å². The first-order valence-electron chi connectivity index (χ1n) is 12.0. The smallest absolute Gasteiger partial charge is 0.274 e. The summed E-state index contributed by atoms with van der Waals surface area (Å²) in [4.78, 5) is 31.0. The Kier molecular flexibility index (Phi) is 6.67. The van der Waals surface area contributed by atoms with Gasteiger partial charge in [-0.3, -0.25) is 9.59 Å². The van der Waals surface area contributed by atoms with Gasteiger partial charge in [0.25, 0.3) is 5.56 Å². The summed E-state index contributed by atoms with van der Waals surface area (Å²) in [5, 5.41) is 13.1. The van der Waals surface area contributed by atoms with Crippen LogP contribution in [0.4, 0.5) is 5.69 Å². The van der Waals surface area contributed by atoms with Crippen molar-refractivity contribution in [3.63, 3.8) is 0 Å². The minimum Gasteiger partial charge on any atom is -0.326 e. The summed E-state index contributed by atoms with van der Waals surface area (Å²) >= 11 is 0. The average molecular weight is 472 g/mol. The highest BCUT2D eigenvalue weighted by molar-refractivity contribution is 5.88. The van der Waals surface area contributed by atoms with Gasteiger partial charge in [-0.05, 0) is 62.0 Å². The highest BCUT2D eigenvalue weighted by Crippen LogP contribution is 2.28. The predicted molar refractivity (Wildman–Crippen MR) is 135 cm³/mol. The van der Waals surface area contributed by atoms with E-state index in [4.69, 9.17) is 0 Å². The Morgan fingerprint density at radius 1 is 1.11 bits per heavy atom. The van der Waals surface area contributed by atoms with Crippen LogP contribution in [0.5, 0.6) is 0 Å². The number of carbonyl (C=O) groups is 1. The van der Waals surface area contributed by atoms with Gasteiger partial charge in [0.05, 0.1) is 5.39 Å². The van der Waals surface area contributed by atoms with Crippen LogP contribution in [0.2, 0.25) is 0 Å². The molecule has 2 aromatic carbocycles. The third-order valence-corrected chi connectivity index (χ3v) is 6.51. The third-order valence-electron chi connectivity index (χ3n) is 6.51. The number of piperidine rings is 1. The van der Waals surface area contributed by atoms with Crippen LogP contribution in [0.3, 0.4) is 0 Å². The SMILES string of the molecule is CC(=O)Nc1cccc(C2CCCN(CCCn3nc(-n4cncn4)c4ccccc4c3=O)C2)c1. The summed E-state index contributed by atoms with van der Waals surface area (Å²) < 4.78 is 3.15. The molecule has 1 aliphatic rings. The molecule has 0 saturated carbocycles. The zero-order valence-corrected chi connectivity index (χ0v) is 19.8. The lowest BCUT2D eigenvalue weighted by Crippen LogP contribution is -2.36. The fraction of sp³-hybridized carbons (Fsp3) is 0.346. The summed E-state index contributed by atoms with van der Waals surface area (Å²) in [7, 11) is 0. The molecular formula is C26H29N7O2. The number of benzene rings is 2. The van der Waals surface area contributed by atoms with Crippen LogP contribution in [0, 0.1) is 0 Å². The largest absolute Gasteiger partial charge is 0.326 e. The molecule has 9 heteroatoms. The van der Waals surface area contributed by atoms with Crippen molar-refractivity contribution in [2.45, 2.75) is 38.6 Å². The number of rotatable bonds is 7. The maximum absolute atomic E-state index is 13.1. The van der Waals surface area contributed by atoms with Gasteiger partial charge in [0.2, 0.25) is 5.91 Å². The monoisotopic (exact) mass is 471 g/mol. The molecule has 1 fully saturated rings. The number of aromatic nitrogens is 5. The second-order valence-electron chi connectivity index (χ2n) is 9.04. The van der Waals surface area contributed by atoms with E-state index in [0.29, 0.717) is 23.7 Å². The molecule has 1 atom stereocenters. The fourth-order valence-corrected chi connectivity index (χ4v) is 4.90. The molecular weight excluding hydrogens is 442 g/mol. The molecule has 9 nitrogen and oxygen atoms in total. The fourth-order valence-electron chi connectivity index (χ4n) is 4.90. The molecule has 1 saturated heterocycles. The number of fused-ring (bicyclic) bond motifs is 1. The minimum atomic E-state index is -0.0872. The zero-order valence-electron chi connectivity index (χ0n) is 19.8. The number of aryl methyl sites for hydroxylation is 1. The van der Waals surface area contributed by atoms with Gasteiger partial charge in [0, 0.05) is 31.1 Å². The van der Waals surface area contributed by atoms with E-state index < -0.39 is 0 Å². The molecule has 5 rings (SSSR count). The van der Waals surface area contributed by atoms with Crippen LogP contribution < -0.4 is 10.9 Å². The van der Waals surface area contributed by atoms with E-state index in [2.05, 4.69) is 37.5 Å². The summed E-state index contributed by atoms with van der Waals surface area (Å²) in [5.41, 5.74) is 2.01. The molecule has 35 heavy (non-hydrogen) atoms. The van der Waals surface area contributed by atoms with Crippen molar-refractivity contribution >= 4 is 22.4 Å². The van der Waals surface area contributed by atoms with Gasteiger partial charge >= 0.3 is 0 Å². The molecule has 0 aliphatic carbocycles. The van der Waals surface area contributed by atoms with Gasteiger partial charge in [0.1, 0.15) is 12.7 Å². The first kappa shape index (κ1) is 22.9. The van der Waals surface area contributed by atoms with Crippen molar-refractivity contribution in [1.29, 1.82) is 0 Å². The lowest BCUT2D eigenvalue weighted by atomic mass is 9.90. The molecule has 1 amide bonds. The quantitative estimate of drug-likeness (QED) is 0.445. The number of likely N-dealkylation sites (tertiary alicyclic amines) is 1. The lowest BCUT2D eigenvalue weighted by molar-refractivity contribution is -0.114. The molecule has 0 bridgehead atoms. The number of amides is 1. The Bertz CT molecular complexity index is 1380. The normalized spacial score (nSPS) is 16.4. The Hall–Kier alpha value is -3.85. The highest BCUT2D eigenvalue weighted by Gasteiger charge is 2.21. The van der Waals surface area contributed by atoms with Crippen LogP contribution in [0.25, 0.3) is 16.6 Å². The van der Waals surface area contributed by atoms with Crippen LogP contribution >= 0.6 is 0 Å². The van der Waals surface area contributed by atoms with E-state index >= 15 is 0 Å². The summed E-state index contributed by atoms with van der Waals surface area (Å²) in [5.74, 6) is 0.977. The standard InChI is InChI=1S/C26H29N7O2/c1-19(34)29-22-9-4-7-20(15-22)21-8-5-12-31(16-21)13-6-14-32-26(35)24-11-3-2-10-23(24)25(30-32)33-18-27-17-28-33/h2-4,7,9-11,15,17-18,21H,5-6,8,12-14,16H2,1H3,(H,29,34). The first-order valence-corrected chi connectivity index (χ1v) is 12.0. The lowest BCUT2D eigenvalue weighted by Gasteiger charge is -2.33. The third kappa shape index (κ3) is 5.14. The van der Waals surface area contributed by atoms with Crippen molar-refractivity contribution in [3.8, 4) is 5.82 Å². The molecule has 1 aliphatic heterocycles. The van der Waals surface area contributed by atoms with Gasteiger partial charge < -0.3 is 10.2 Å². The summed E-state index contributed by atoms with van der Waals surface area (Å²) in [6, 6.07) is 15.6. The number of anilines is 1. The van der Waals surface area contributed by atoms with Gasteiger partial charge in [-0.15, -0.1) is 5.10 Å². The first-order chi connectivity index (χ1) is 17.1. The average Bonchev–Trinajstić information content (AvgIpc) is 3.40. The van der Waals surface area contributed by atoms with Crippen LogP contribution in [0.1, 0.15) is 37.7 Å². The van der Waals surface area contributed by atoms with E-state index in [1.165, 1.54) is 18.8 Å². The van der Waals surface area contributed by atoms with E-state index in [9.17, 15) is 9.59 Å². The van der Waals surface area contributed by atoms with Crippen molar-refractivity contribution < 1.29 is 4.79 Å². The van der Waals surface area contributed by atoms with E-state index in [0.717, 1.165) is 50.0 Å². The molecule has 3 heterocycles. The molecule has 1 N–H and O–H groups in total. The van der Waals surface area contributed by atoms with E-state index in [-0.39, 0.29) is 11.5 Å². The number of hydrogen-bond acceptors (Lipinski definition) is 6. The van der Waals surface area contributed by atoms with Crippen molar-refractivity contribution in [2.75, 3.05) is 25.0 Å². The Labute approximate surface area is 203 Å². The number of nitrogens with zero attached hydrogens (tertiary/aromatic N) is 6. The van der Waals surface area contributed by atoms with Crippen molar-refractivity contribution in [2.24, 2.45) is 0 Å². The number of hydrogen-bond donors (Lipinski definition) is 1. The maximum atomic E-state index is 13.1. The minimum absolute atomic E-state index is 0.0584. The molecule has 4 aromatic rings. The van der Waals surface area contributed by atoms with E-state index in [1.807, 2.05) is 36.4 Å². The zero-order chi connectivity index (χ0) is 24.2. The van der Waals surface area contributed by atoms with Gasteiger partial charge in [-0.25, -0.2) is 14.3 Å². The Morgan fingerprint density at radius 3 is 2.77 bits per heavy atom. The summed E-state index contributed by atoms with van der Waals surface area (Å²) in [6.45, 7) is 4.96. The van der Waals surface area contributed by atoms with E-state index in [1.54, 1.807) is 15.7 Å². The maximum Gasteiger partial charge on any atom is 0.274 e. The topological polar surface area (TPSA) is 97.9 Å². The predicted octanol–water partition coefficient (Wildman–Crippen LogP) is 3.21. The summed E-state index contributed by atoms with van der Waals surface area (Å²) in [6.07, 6.45) is 6.14. The molecule has 0 radical (unpaired) electrons. The van der Waals surface area contributed by atoms with Gasteiger partial charge in [-0.1, -0.05) is 30.3 Å². The molecule has 180 valence electrons. The van der Waals surface area contributed by atoms with Crippen LogP contribution in [-0.4, -0.2) is 55.0 Å². The number of carbonyl (C=O) groups excluding carboxylic acids is 1. The van der Waals surface area contributed by atoms with Crippen molar-refractivity contribution in [1.82, 2.24) is 29.4 Å². The Morgan fingerprint density at radius 2 is 1.97 bits per heavy atom. The molecule has 2 aromatic heterocycles. The van der Waals surface area contributed by atoms with Crippen LogP contribution in [0.15, 0.2) is 66.0 Å². The van der Waals surface area contributed by atoms with Crippen molar-refractivity contribution in [3.05, 3.63) is 77.1 Å². The van der Waals surface area contributed by atoms with Crippen LogP contribution in [-0.2, 0) is 11.3 Å².